The van der Waals surface area contributed by atoms with Gasteiger partial charge in [-0.05, 0) is 31.5 Å². The summed E-state index contributed by atoms with van der Waals surface area (Å²) in [6.07, 6.45) is 2.33. The van der Waals surface area contributed by atoms with Gasteiger partial charge in [0.25, 0.3) is 0 Å². The molecule has 0 radical (unpaired) electrons. The van der Waals surface area contributed by atoms with Gasteiger partial charge in [0.1, 0.15) is 0 Å². The average Bonchev–Trinajstić information content (AvgIpc) is 2.48. The summed E-state index contributed by atoms with van der Waals surface area (Å²) in [5.74, 6) is 0.122. The number of nitrogens with zero attached hydrogens (tertiary/aromatic N) is 2. The maximum absolute atomic E-state index is 12.2. The number of benzene rings is 1. The molecule has 4 nitrogen and oxygen atoms in total. The molecule has 0 bridgehead atoms. The molecule has 0 aliphatic carbocycles. The van der Waals surface area contributed by atoms with E-state index in [2.05, 4.69) is 11.4 Å². The molecule has 1 aromatic carbocycles. The first-order valence-corrected chi connectivity index (χ1v) is 6.67. The number of nitriles is 1. The Kier molecular flexibility index (Phi) is 4.53. The summed E-state index contributed by atoms with van der Waals surface area (Å²) in [6.45, 7) is 1.61. The van der Waals surface area contributed by atoms with Crippen molar-refractivity contribution in [3.05, 3.63) is 35.4 Å². The zero-order valence-electron chi connectivity index (χ0n) is 11.2. The molecule has 0 atom stereocenters. The molecular weight excluding hydrogens is 238 g/mol. The van der Waals surface area contributed by atoms with Gasteiger partial charge >= 0.3 is 0 Å². The van der Waals surface area contributed by atoms with Gasteiger partial charge in [-0.3, -0.25) is 4.79 Å². The van der Waals surface area contributed by atoms with Crippen LogP contribution in [0.1, 0.15) is 24.0 Å². The Morgan fingerprint density at radius 3 is 2.74 bits per heavy atom. The van der Waals surface area contributed by atoms with Crippen molar-refractivity contribution in [1.29, 1.82) is 5.26 Å². The van der Waals surface area contributed by atoms with Crippen LogP contribution >= 0.6 is 0 Å². The van der Waals surface area contributed by atoms with Gasteiger partial charge in [0.15, 0.2) is 0 Å². The molecule has 1 aliphatic rings. The molecule has 0 saturated carbocycles. The second kappa shape index (κ2) is 6.35. The zero-order chi connectivity index (χ0) is 13.7. The lowest BCUT2D eigenvalue weighted by Crippen LogP contribution is -2.44. The fraction of sp³-hybridized carbons (Fsp3) is 0.467. The molecule has 1 heterocycles. The summed E-state index contributed by atoms with van der Waals surface area (Å²) in [5, 5.41) is 12.3. The molecule has 1 fully saturated rings. The Balaban J connectivity index is 1.97. The third kappa shape index (κ3) is 3.33. The maximum Gasteiger partial charge on any atom is 0.227 e. The van der Waals surface area contributed by atoms with Crippen LogP contribution in [0.3, 0.4) is 0 Å². The van der Waals surface area contributed by atoms with Crippen molar-refractivity contribution < 1.29 is 4.79 Å². The van der Waals surface area contributed by atoms with Gasteiger partial charge in [0, 0.05) is 19.1 Å². The lowest BCUT2D eigenvalue weighted by molar-refractivity contribution is -0.131. The Bertz CT molecular complexity index is 484. The van der Waals surface area contributed by atoms with Crippen LogP contribution in [0.4, 0.5) is 0 Å². The van der Waals surface area contributed by atoms with Crippen LogP contribution in [0.5, 0.6) is 0 Å². The predicted octanol–water partition coefficient (Wildman–Crippen LogP) is 1.31. The molecule has 1 amide bonds. The van der Waals surface area contributed by atoms with Gasteiger partial charge in [0.05, 0.1) is 18.1 Å². The fourth-order valence-electron chi connectivity index (χ4n) is 2.48. The third-order valence-corrected chi connectivity index (χ3v) is 3.74. The van der Waals surface area contributed by atoms with Crippen molar-refractivity contribution in [3.8, 4) is 6.07 Å². The summed E-state index contributed by atoms with van der Waals surface area (Å²) in [5.41, 5.74) is 1.42. The number of hydrogen-bond donors (Lipinski definition) is 1. The number of likely N-dealkylation sites (tertiary alicyclic amines) is 1. The highest BCUT2D eigenvalue weighted by atomic mass is 16.2. The van der Waals surface area contributed by atoms with E-state index in [0.29, 0.717) is 18.0 Å². The second-order valence-electron chi connectivity index (χ2n) is 4.89. The van der Waals surface area contributed by atoms with Gasteiger partial charge in [-0.25, -0.2) is 0 Å². The topological polar surface area (TPSA) is 56.1 Å². The lowest BCUT2D eigenvalue weighted by atomic mass is 10.0. The molecule has 1 N–H and O–H groups in total. The molecule has 100 valence electrons. The Morgan fingerprint density at radius 2 is 2.11 bits per heavy atom. The van der Waals surface area contributed by atoms with E-state index in [4.69, 9.17) is 5.26 Å². The van der Waals surface area contributed by atoms with Crippen molar-refractivity contribution in [2.24, 2.45) is 0 Å². The van der Waals surface area contributed by atoms with Crippen LogP contribution in [0.25, 0.3) is 0 Å². The third-order valence-electron chi connectivity index (χ3n) is 3.74. The van der Waals surface area contributed by atoms with E-state index in [9.17, 15) is 4.79 Å². The average molecular weight is 257 g/mol. The first kappa shape index (κ1) is 13.6. The molecule has 1 aromatic rings. The Hall–Kier alpha value is -1.86. The minimum absolute atomic E-state index is 0.122. The minimum Gasteiger partial charge on any atom is -0.342 e. The zero-order valence-corrected chi connectivity index (χ0v) is 11.2. The van der Waals surface area contributed by atoms with Gasteiger partial charge in [-0.2, -0.15) is 5.26 Å². The summed E-state index contributed by atoms with van der Waals surface area (Å²) < 4.78 is 0. The van der Waals surface area contributed by atoms with E-state index in [1.54, 1.807) is 6.07 Å². The van der Waals surface area contributed by atoms with Crippen LogP contribution in [-0.2, 0) is 11.2 Å². The molecule has 2 rings (SSSR count). The number of hydrogen-bond acceptors (Lipinski definition) is 3. The Morgan fingerprint density at radius 1 is 1.42 bits per heavy atom. The Labute approximate surface area is 114 Å². The molecule has 1 aliphatic heterocycles. The lowest BCUT2D eigenvalue weighted by Gasteiger charge is -2.32. The van der Waals surface area contributed by atoms with Gasteiger partial charge in [-0.1, -0.05) is 18.2 Å². The largest absolute Gasteiger partial charge is 0.342 e. The summed E-state index contributed by atoms with van der Waals surface area (Å²) in [6, 6.07) is 9.98. The minimum atomic E-state index is 0.122. The van der Waals surface area contributed by atoms with E-state index < -0.39 is 0 Å². The van der Waals surface area contributed by atoms with E-state index >= 15 is 0 Å². The van der Waals surface area contributed by atoms with E-state index in [1.807, 2.05) is 30.1 Å². The SMILES string of the molecule is CNC1CCN(C(=O)Cc2ccccc2C#N)CC1. The molecular formula is C15H19N3O. The predicted molar refractivity (Wildman–Crippen MR) is 73.5 cm³/mol. The maximum atomic E-state index is 12.2. The van der Waals surface area contributed by atoms with Crippen molar-refractivity contribution in [2.45, 2.75) is 25.3 Å². The van der Waals surface area contributed by atoms with Crippen LogP contribution in [0.2, 0.25) is 0 Å². The van der Waals surface area contributed by atoms with Crippen molar-refractivity contribution in [2.75, 3.05) is 20.1 Å². The summed E-state index contributed by atoms with van der Waals surface area (Å²) in [4.78, 5) is 14.1. The normalized spacial score (nSPS) is 16.1. The number of carbonyl (C=O) groups excluding carboxylic acids is 1. The second-order valence-corrected chi connectivity index (χ2v) is 4.89. The summed E-state index contributed by atoms with van der Waals surface area (Å²) in [7, 11) is 1.96. The number of amides is 1. The fourth-order valence-corrected chi connectivity index (χ4v) is 2.48. The van der Waals surface area contributed by atoms with Crippen LogP contribution < -0.4 is 5.32 Å². The van der Waals surface area contributed by atoms with E-state index in [1.165, 1.54) is 0 Å². The van der Waals surface area contributed by atoms with Crippen LogP contribution in [-0.4, -0.2) is 37.0 Å². The number of nitrogens with one attached hydrogen (secondary N) is 1. The standard InChI is InChI=1S/C15H19N3O/c1-17-14-6-8-18(9-7-14)15(19)10-12-4-2-3-5-13(12)11-16/h2-5,14,17H,6-10H2,1H3. The number of carbonyl (C=O) groups is 1. The van der Waals surface area contributed by atoms with Gasteiger partial charge < -0.3 is 10.2 Å². The monoisotopic (exact) mass is 257 g/mol. The quantitative estimate of drug-likeness (QED) is 0.888. The molecule has 1 saturated heterocycles. The van der Waals surface area contributed by atoms with Crippen LogP contribution in [0.15, 0.2) is 24.3 Å². The molecule has 0 unspecified atom stereocenters. The summed E-state index contributed by atoms with van der Waals surface area (Å²) >= 11 is 0. The van der Waals surface area contributed by atoms with E-state index in [-0.39, 0.29) is 5.91 Å². The number of piperidine rings is 1. The smallest absolute Gasteiger partial charge is 0.227 e. The van der Waals surface area contributed by atoms with Crippen LogP contribution in [0, 0.1) is 11.3 Å². The van der Waals surface area contributed by atoms with Crippen molar-refractivity contribution in [1.82, 2.24) is 10.2 Å². The first-order chi connectivity index (χ1) is 9.24. The van der Waals surface area contributed by atoms with Gasteiger partial charge in [0.2, 0.25) is 5.91 Å². The highest BCUT2D eigenvalue weighted by Gasteiger charge is 2.22. The molecule has 4 heteroatoms. The van der Waals surface area contributed by atoms with E-state index in [0.717, 1.165) is 31.5 Å². The van der Waals surface area contributed by atoms with Gasteiger partial charge in [-0.15, -0.1) is 0 Å². The highest BCUT2D eigenvalue weighted by Crippen LogP contribution is 2.14. The van der Waals surface area contributed by atoms with Crippen molar-refractivity contribution >= 4 is 5.91 Å². The first-order valence-electron chi connectivity index (χ1n) is 6.67. The molecule has 0 aromatic heterocycles. The number of rotatable bonds is 3. The molecule has 19 heavy (non-hydrogen) atoms. The molecule has 0 spiro atoms. The highest BCUT2D eigenvalue weighted by molar-refractivity contribution is 5.79. The van der Waals surface area contributed by atoms with Crippen molar-refractivity contribution in [3.63, 3.8) is 0 Å².